The van der Waals surface area contributed by atoms with Gasteiger partial charge in [0.15, 0.2) is 9.84 Å². The highest BCUT2D eigenvalue weighted by molar-refractivity contribution is 7.99. The standard InChI is InChI=1S/C10H23NO3S.C10H23NO2S.2C10H23NO2.C10H23NOS.C9H21NO.6C4H10/c1-10(2,3)9-14-6-4-7-15(12,13)8-5-11;1-10(2,3)9-13-6-4-7-14(12)8-5-11;1-10(2,3)4-6-12-8-9-13-7-5-11;1-10(2,3)9-13-8-7-12-6-4-5-11;1-10(2,3)9-12-6-4-7-13-8-5-11;1-9(2,3)5-4-7-11-8-6-10;6*1-4(2)3/h4-9,11H2,1-3H3;4-9,11H2,1-3H3;3*4-9,11H2,1-3H3;4-8,10H2,1-3H3;6*4H,1-3H3. The Bertz CT molecular complexity index is 1510. The molecule has 1 unspecified atom stereocenters. The van der Waals surface area contributed by atoms with E-state index in [0.717, 1.165) is 126 Å². The van der Waals surface area contributed by atoms with Crippen LogP contribution in [0.25, 0.3) is 0 Å². The molecular formula is C83H196N6O11S3. The fourth-order valence-corrected chi connectivity index (χ4v) is 7.98. The molecular weight excluding hydrogens is 1350 g/mol. The molecule has 0 rings (SSSR count). The zero-order valence-electron chi connectivity index (χ0n) is 76.4. The molecule has 0 aromatic carbocycles. The molecule has 1 atom stereocenters. The van der Waals surface area contributed by atoms with Crippen LogP contribution >= 0.6 is 11.8 Å². The van der Waals surface area contributed by atoms with Crippen molar-refractivity contribution in [2.24, 2.45) is 102 Å². The Labute approximate surface area is 655 Å². The fraction of sp³-hybridized carbons (Fsp3) is 1.00. The second-order valence-corrected chi connectivity index (χ2v) is 42.3. The first-order chi connectivity index (χ1) is 46.9. The molecule has 20 heteroatoms. The van der Waals surface area contributed by atoms with Crippen LogP contribution in [0.3, 0.4) is 0 Å². The Hall–Kier alpha value is -0.110. The summed E-state index contributed by atoms with van der Waals surface area (Å²) >= 11 is 1.91. The maximum absolute atomic E-state index is 11.3. The van der Waals surface area contributed by atoms with Gasteiger partial charge in [0.1, 0.15) is 0 Å². The molecule has 0 spiro atoms. The molecule has 0 saturated carbocycles. The summed E-state index contributed by atoms with van der Waals surface area (Å²) in [7, 11) is -3.70. The summed E-state index contributed by atoms with van der Waals surface area (Å²) in [5.74, 6) is 8.81. The van der Waals surface area contributed by atoms with Gasteiger partial charge < -0.3 is 72.3 Å². The van der Waals surface area contributed by atoms with E-state index >= 15 is 0 Å². The first-order valence-corrected chi connectivity index (χ1v) is 44.3. The lowest BCUT2D eigenvalue weighted by Crippen LogP contribution is -2.20. The summed E-state index contributed by atoms with van der Waals surface area (Å²) in [5.41, 5.74) is 33.4. The summed E-state index contributed by atoms with van der Waals surface area (Å²) < 4.78 is 76.6. The lowest BCUT2D eigenvalue weighted by Gasteiger charge is -2.17. The average molecular weight is 1550 g/mol. The predicted octanol–water partition coefficient (Wildman–Crippen LogP) is 18.7. The van der Waals surface area contributed by atoms with Crippen molar-refractivity contribution in [3.8, 4) is 0 Å². The van der Waals surface area contributed by atoms with Gasteiger partial charge in [0.2, 0.25) is 0 Å². The highest BCUT2D eigenvalue weighted by atomic mass is 32.2. The van der Waals surface area contributed by atoms with Crippen LogP contribution < -0.4 is 34.4 Å². The predicted molar refractivity (Wildman–Crippen MR) is 467 cm³/mol. The van der Waals surface area contributed by atoms with Gasteiger partial charge >= 0.3 is 0 Å². The molecule has 17 nitrogen and oxygen atoms in total. The first kappa shape index (κ1) is 129. The van der Waals surface area contributed by atoms with E-state index in [2.05, 4.69) is 249 Å². The average Bonchev–Trinajstić information content (AvgIpc) is 0.962. The van der Waals surface area contributed by atoms with Crippen molar-refractivity contribution in [1.82, 2.24) is 0 Å². The highest BCUT2D eigenvalue weighted by Gasteiger charge is 2.14. The zero-order chi connectivity index (χ0) is 83.7. The van der Waals surface area contributed by atoms with E-state index in [1.165, 1.54) is 12.2 Å². The summed E-state index contributed by atoms with van der Waals surface area (Å²) in [4.78, 5) is 0. The Balaban J connectivity index is -0.0000000906. The van der Waals surface area contributed by atoms with Crippen LogP contribution in [0.4, 0.5) is 0 Å². The smallest absolute Gasteiger partial charge is 0.151 e. The molecule has 642 valence electrons. The minimum Gasteiger partial charge on any atom is -0.381 e. The van der Waals surface area contributed by atoms with Crippen LogP contribution in [0.15, 0.2) is 0 Å². The second-order valence-electron chi connectivity index (χ2n) is 37.0. The maximum Gasteiger partial charge on any atom is 0.151 e. The van der Waals surface area contributed by atoms with Crippen molar-refractivity contribution in [2.75, 3.05) is 179 Å². The van der Waals surface area contributed by atoms with Crippen molar-refractivity contribution >= 4 is 32.4 Å². The van der Waals surface area contributed by atoms with E-state index in [-0.39, 0.29) is 34.3 Å². The Morgan fingerprint density at radius 1 is 0.282 bits per heavy atom. The molecule has 0 aliphatic carbocycles. The molecule has 103 heavy (non-hydrogen) atoms. The molecule has 0 fully saturated rings. The first-order valence-electron chi connectivity index (χ1n) is 39.8. The van der Waals surface area contributed by atoms with E-state index in [1.807, 2.05) is 11.8 Å². The van der Waals surface area contributed by atoms with Gasteiger partial charge in [-0.3, -0.25) is 4.21 Å². The van der Waals surface area contributed by atoms with E-state index in [1.54, 1.807) is 0 Å². The van der Waals surface area contributed by atoms with Crippen LogP contribution in [-0.4, -0.2) is 192 Å². The van der Waals surface area contributed by atoms with Gasteiger partial charge in [0, 0.05) is 100 Å². The largest absolute Gasteiger partial charge is 0.381 e. The summed E-state index contributed by atoms with van der Waals surface area (Å²) in [6.07, 6.45) is 6.94. The summed E-state index contributed by atoms with van der Waals surface area (Å²) in [6.45, 7) is 93.1. The molecule has 0 saturated heterocycles. The van der Waals surface area contributed by atoms with Crippen LogP contribution in [0.2, 0.25) is 0 Å². The van der Waals surface area contributed by atoms with E-state index in [4.69, 9.17) is 72.3 Å². The second kappa shape index (κ2) is 90.8. The topological polar surface area (TPSA) is 281 Å². The third-order valence-corrected chi connectivity index (χ3v) is 13.4. The molecule has 0 radical (unpaired) electrons. The number of sulfone groups is 1. The number of thioether (sulfide) groups is 1. The molecule has 0 aromatic rings. The van der Waals surface area contributed by atoms with Crippen molar-refractivity contribution in [1.29, 1.82) is 0 Å². The number of ether oxygens (including phenoxy) is 8. The van der Waals surface area contributed by atoms with Crippen LogP contribution in [0, 0.1) is 68.0 Å². The van der Waals surface area contributed by atoms with Gasteiger partial charge in [0.25, 0.3) is 0 Å². The Morgan fingerprint density at radius 3 is 0.883 bits per heavy atom. The number of hydrogen-bond donors (Lipinski definition) is 6. The third-order valence-electron chi connectivity index (χ3n) is 9.13. The number of hydrogen-bond acceptors (Lipinski definition) is 18. The molecule has 0 aliphatic rings. The van der Waals surface area contributed by atoms with Gasteiger partial charge in [-0.1, -0.05) is 249 Å². The van der Waals surface area contributed by atoms with Gasteiger partial charge in [-0.05, 0) is 125 Å². The molecule has 0 amide bonds. The van der Waals surface area contributed by atoms with Gasteiger partial charge in [-0.2, -0.15) is 11.8 Å². The third kappa shape index (κ3) is 249. The molecule has 0 aliphatic heterocycles. The van der Waals surface area contributed by atoms with Crippen molar-refractivity contribution < 1.29 is 50.5 Å². The summed E-state index contributed by atoms with van der Waals surface area (Å²) in [6, 6.07) is 0. The molecule has 12 N–H and O–H groups in total. The minimum atomic E-state index is -2.95. The highest BCUT2D eigenvalue weighted by Crippen LogP contribution is 2.21. The van der Waals surface area contributed by atoms with Crippen LogP contribution in [0.1, 0.15) is 294 Å². The SMILES string of the molecule is CC(C)(C)CCCOCCN.CC(C)(C)CCOCCOCCN.CC(C)(C)COCCCS(=O)(=O)CCN.CC(C)(C)COCCCS(=O)CCN.CC(C)(C)COCCCSCCN.CC(C)(C)COCCOCCCN.CC(C)C.CC(C)C.CC(C)C.CC(C)C.CC(C)C.CC(C)C. The normalized spacial score (nSPS) is 11.8. The van der Waals surface area contributed by atoms with Crippen LogP contribution in [0.5, 0.6) is 0 Å². The lowest BCUT2D eigenvalue weighted by atomic mass is 9.91. The maximum atomic E-state index is 11.3. The Kier molecular flexibility index (Phi) is 114. The van der Waals surface area contributed by atoms with Crippen molar-refractivity contribution in [2.45, 2.75) is 294 Å². The fourth-order valence-electron chi connectivity index (χ4n) is 5.26. The summed E-state index contributed by atoms with van der Waals surface area (Å²) in [5, 5.41) is 0. The number of rotatable bonds is 40. The van der Waals surface area contributed by atoms with Gasteiger partial charge in [0.05, 0.1) is 77.6 Å². The van der Waals surface area contributed by atoms with E-state index in [9.17, 15) is 12.6 Å². The van der Waals surface area contributed by atoms with Crippen LogP contribution in [-0.2, 0) is 58.5 Å². The van der Waals surface area contributed by atoms with Crippen molar-refractivity contribution in [3.63, 3.8) is 0 Å². The quantitative estimate of drug-likeness (QED) is 0.0311. The zero-order valence-corrected chi connectivity index (χ0v) is 78.8. The van der Waals surface area contributed by atoms with Crippen molar-refractivity contribution in [3.05, 3.63) is 0 Å². The van der Waals surface area contributed by atoms with Gasteiger partial charge in [-0.25, -0.2) is 8.42 Å². The molecule has 0 heterocycles. The number of nitrogens with two attached hydrogens (primary N) is 6. The van der Waals surface area contributed by atoms with E-state index < -0.39 is 20.6 Å². The Morgan fingerprint density at radius 2 is 0.573 bits per heavy atom. The monoisotopic (exact) mass is 1550 g/mol. The lowest BCUT2D eigenvalue weighted by molar-refractivity contribution is 0.0193. The molecule has 0 aromatic heterocycles. The minimum absolute atomic E-state index is 0.0757. The molecule has 0 bridgehead atoms. The van der Waals surface area contributed by atoms with E-state index in [0.29, 0.717) is 120 Å². The van der Waals surface area contributed by atoms with Gasteiger partial charge in [-0.15, -0.1) is 0 Å².